The highest BCUT2D eigenvalue weighted by molar-refractivity contribution is 7.87. The molecular formula is C7H19N3O2S. The van der Waals surface area contributed by atoms with Crippen LogP contribution in [0.25, 0.3) is 0 Å². The smallest absolute Gasteiger partial charge is 0.276 e. The highest BCUT2D eigenvalue weighted by Gasteiger charge is 2.22. The predicted octanol–water partition coefficient (Wildman–Crippen LogP) is -0.620. The average Bonchev–Trinajstić information content (AvgIpc) is 2.01. The standard InChI is InChI=1S/C7H19N3O2S/c1-7(2,10(4)5)6-9-13(11,12)8-3/h8-9H,6H2,1-5H3. The first kappa shape index (κ1) is 12.8. The minimum atomic E-state index is -3.31. The first-order valence-electron chi connectivity index (χ1n) is 4.07. The van der Waals surface area contributed by atoms with Gasteiger partial charge in [-0.2, -0.15) is 8.42 Å². The maximum absolute atomic E-state index is 11.0. The third-order valence-electron chi connectivity index (χ3n) is 2.17. The van der Waals surface area contributed by atoms with E-state index >= 15 is 0 Å². The Balaban J connectivity index is 4.18. The number of hydrogen-bond acceptors (Lipinski definition) is 3. The lowest BCUT2D eigenvalue weighted by atomic mass is 10.1. The van der Waals surface area contributed by atoms with Gasteiger partial charge >= 0.3 is 0 Å². The van der Waals surface area contributed by atoms with Gasteiger partial charge in [-0.25, -0.2) is 9.44 Å². The molecule has 0 bridgehead atoms. The number of hydrogen-bond donors (Lipinski definition) is 2. The fraction of sp³-hybridized carbons (Fsp3) is 1.00. The van der Waals surface area contributed by atoms with Crippen molar-refractivity contribution in [3.63, 3.8) is 0 Å². The van der Waals surface area contributed by atoms with Crippen molar-refractivity contribution in [1.29, 1.82) is 0 Å². The van der Waals surface area contributed by atoms with Crippen LogP contribution >= 0.6 is 0 Å². The molecule has 0 saturated heterocycles. The first-order valence-corrected chi connectivity index (χ1v) is 5.55. The molecule has 5 nitrogen and oxygen atoms in total. The van der Waals surface area contributed by atoms with E-state index in [0.29, 0.717) is 6.54 Å². The van der Waals surface area contributed by atoms with Gasteiger partial charge in [0.2, 0.25) is 0 Å². The van der Waals surface area contributed by atoms with Crippen LogP contribution in [-0.2, 0) is 10.2 Å². The molecule has 0 aliphatic rings. The van der Waals surface area contributed by atoms with Crippen molar-refractivity contribution < 1.29 is 8.42 Å². The van der Waals surface area contributed by atoms with Gasteiger partial charge < -0.3 is 4.90 Å². The third kappa shape index (κ3) is 4.56. The van der Waals surface area contributed by atoms with Crippen LogP contribution in [0.3, 0.4) is 0 Å². The van der Waals surface area contributed by atoms with Gasteiger partial charge in [-0.15, -0.1) is 0 Å². The Morgan fingerprint density at radius 1 is 1.31 bits per heavy atom. The minimum absolute atomic E-state index is 0.191. The summed E-state index contributed by atoms with van der Waals surface area (Å²) in [7, 11) is 1.89. The van der Waals surface area contributed by atoms with Crippen molar-refractivity contribution in [2.75, 3.05) is 27.7 Å². The van der Waals surface area contributed by atoms with Crippen LogP contribution < -0.4 is 9.44 Å². The second-order valence-corrected chi connectivity index (χ2v) is 5.44. The van der Waals surface area contributed by atoms with Gasteiger partial charge in [0.1, 0.15) is 0 Å². The molecule has 0 amide bonds. The largest absolute Gasteiger partial charge is 0.303 e. The molecule has 6 heteroatoms. The van der Waals surface area contributed by atoms with E-state index in [2.05, 4.69) is 9.44 Å². The van der Waals surface area contributed by atoms with Gasteiger partial charge in [-0.3, -0.25) is 0 Å². The van der Waals surface area contributed by atoms with E-state index in [4.69, 9.17) is 0 Å². The number of likely N-dealkylation sites (N-methyl/N-ethyl adjacent to an activating group) is 1. The van der Waals surface area contributed by atoms with Crippen molar-refractivity contribution in [3.05, 3.63) is 0 Å². The maximum Gasteiger partial charge on any atom is 0.276 e. The first-order chi connectivity index (χ1) is 5.71. The van der Waals surface area contributed by atoms with Gasteiger partial charge in [0, 0.05) is 19.1 Å². The molecule has 0 aliphatic heterocycles. The normalized spacial score (nSPS) is 13.7. The lowest BCUT2D eigenvalue weighted by Crippen LogP contribution is -2.49. The third-order valence-corrected chi connectivity index (χ3v) is 3.24. The Kier molecular flexibility index (Phi) is 4.31. The Labute approximate surface area is 80.7 Å². The lowest BCUT2D eigenvalue weighted by Gasteiger charge is -2.32. The van der Waals surface area contributed by atoms with Crippen molar-refractivity contribution in [2.24, 2.45) is 0 Å². The molecule has 0 radical (unpaired) electrons. The molecule has 0 aromatic heterocycles. The molecule has 0 spiro atoms. The Morgan fingerprint density at radius 3 is 2.08 bits per heavy atom. The van der Waals surface area contributed by atoms with Crippen LogP contribution in [0, 0.1) is 0 Å². The molecule has 13 heavy (non-hydrogen) atoms. The van der Waals surface area contributed by atoms with Crippen LogP contribution in [-0.4, -0.2) is 46.5 Å². The second kappa shape index (κ2) is 4.36. The molecule has 0 aromatic carbocycles. The zero-order chi connectivity index (χ0) is 10.7. The summed E-state index contributed by atoms with van der Waals surface area (Å²) in [6.07, 6.45) is 0. The van der Waals surface area contributed by atoms with Crippen LogP contribution in [0.2, 0.25) is 0 Å². The molecular weight excluding hydrogens is 190 g/mol. The van der Waals surface area contributed by atoms with E-state index in [1.54, 1.807) is 0 Å². The summed E-state index contributed by atoms with van der Waals surface area (Å²) < 4.78 is 26.7. The van der Waals surface area contributed by atoms with Gasteiger partial charge in [0.25, 0.3) is 10.2 Å². The van der Waals surface area contributed by atoms with E-state index < -0.39 is 10.2 Å². The zero-order valence-electron chi connectivity index (χ0n) is 8.88. The van der Waals surface area contributed by atoms with Crippen molar-refractivity contribution in [1.82, 2.24) is 14.3 Å². The molecule has 2 N–H and O–H groups in total. The Morgan fingerprint density at radius 2 is 1.77 bits per heavy atom. The number of nitrogens with one attached hydrogen (secondary N) is 2. The fourth-order valence-corrected chi connectivity index (χ4v) is 1.19. The topological polar surface area (TPSA) is 61.4 Å². The van der Waals surface area contributed by atoms with Gasteiger partial charge in [-0.1, -0.05) is 0 Å². The van der Waals surface area contributed by atoms with Gasteiger partial charge in [0.15, 0.2) is 0 Å². The second-order valence-electron chi connectivity index (χ2n) is 3.74. The van der Waals surface area contributed by atoms with E-state index in [1.165, 1.54) is 7.05 Å². The molecule has 0 unspecified atom stereocenters. The number of rotatable bonds is 5. The van der Waals surface area contributed by atoms with Crippen LogP contribution in [0.15, 0.2) is 0 Å². The monoisotopic (exact) mass is 209 g/mol. The quantitative estimate of drug-likeness (QED) is 0.634. The SMILES string of the molecule is CNS(=O)(=O)NCC(C)(C)N(C)C. The van der Waals surface area contributed by atoms with Crippen molar-refractivity contribution in [3.8, 4) is 0 Å². The highest BCUT2D eigenvalue weighted by atomic mass is 32.2. The maximum atomic E-state index is 11.0. The summed E-state index contributed by atoms with van der Waals surface area (Å²) in [5.41, 5.74) is -0.191. The predicted molar refractivity (Wildman–Crippen MR) is 53.7 cm³/mol. The Hall–Kier alpha value is -0.170. The fourth-order valence-electron chi connectivity index (χ4n) is 0.502. The van der Waals surface area contributed by atoms with E-state index in [9.17, 15) is 8.42 Å². The van der Waals surface area contributed by atoms with Gasteiger partial charge in [-0.05, 0) is 27.9 Å². The van der Waals surface area contributed by atoms with Crippen LogP contribution in [0.4, 0.5) is 0 Å². The minimum Gasteiger partial charge on any atom is -0.303 e. The van der Waals surface area contributed by atoms with Crippen molar-refractivity contribution in [2.45, 2.75) is 19.4 Å². The summed E-state index contributed by atoms with van der Waals surface area (Å²) in [5.74, 6) is 0. The molecule has 0 aromatic rings. The van der Waals surface area contributed by atoms with E-state index in [1.807, 2.05) is 32.8 Å². The molecule has 0 atom stereocenters. The summed E-state index contributed by atoms with van der Waals surface area (Å²) in [6, 6.07) is 0. The van der Waals surface area contributed by atoms with Crippen LogP contribution in [0.1, 0.15) is 13.8 Å². The Bertz CT molecular complexity index is 246. The van der Waals surface area contributed by atoms with Crippen molar-refractivity contribution >= 4 is 10.2 Å². The average molecular weight is 209 g/mol. The summed E-state index contributed by atoms with van der Waals surface area (Å²) in [5, 5.41) is 0. The summed E-state index contributed by atoms with van der Waals surface area (Å²) >= 11 is 0. The molecule has 0 aliphatic carbocycles. The van der Waals surface area contributed by atoms with Gasteiger partial charge in [0.05, 0.1) is 0 Å². The molecule has 80 valence electrons. The zero-order valence-corrected chi connectivity index (χ0v) is 9.70. The molecule has 0 fully saturated rings. The van der Waals surface area contributed by atoms with E-state index in [0.717, 1.165) is 0 Å². The number of nitrogens with zero attached hydrogens (tertiary/aromatic N) is 1. The summed E-state index contributed by atoms with van der Waals surface area (Å²) in [4.78, 5) is 1.96. The molecule has 0 heterocycles. The lowest BCUT2D eigenvalue weighted by molar-refractivity contribution is 0.198. The van der Waals surface area contributed by atoms with E-state index in [-0.39, 0.29) is 5.54 Å². The molecule has 0 rings (SSSR count). The summed E-state index contributed by atoms with van der Waals surface area (Å²) in [6.45, 7) is 4.31. The van der Waals surface area contributed by atoms with Crippen LogP contribution in [0.5, 0.6) is 0 Å². The molecule has 0 saturated carbocycles. The highest BCUT2D eigenvalue weighted by Crippen LogP contribution is 2.07.